The van der Waals surface area contributed by atoms with E-state index in [0.29, 0.717) is 19.3 Å². The number of ether oxygens (including phenoxy) is 4. The summed E-state index contributed by atoms with van der Waals surface area (Å²) in [5.74, 6) is -4.21. The highest BCUT2D eigenvalue weighted by molar-refractivity contribution is 5.93. The van der Waals surface area contributed by atoms with Gasteiger partial charge in [0.25, 0.3) is 0 Å². The van der Waals surface area contributed by atoms with Crippen molar-refractivity contribution in [2.24, 2.45) is 11.8 Å². The molecule has 0 fully saturated rings. The first-order chi connectivity index (χ1) is 27.1. The van der Waals surface area contributed by atoms with Gasteiger partial charge in [0.2, 0.25) is 11.8 Å². The van der Waals surface area contributed by atoms with Crippen LogP contribution in [0.2, 0.25) is 0 Å². The Balaban J connectivity index is 1.99. The van der Waals surface area contributed by atoms with E-state index in [-0.39, 0.29) is 44.4 Å². The summed E-state index contributed by atoms with van der Waals surface area (Å²) in [5.41, 5.74) is 1.33. The van der Waals surface area contributed by atoms with Gasteiger partial charge in [-0.05, 0) is 65.5 Å². The lowest BCUT2D eigenvalue weighted by Crippen LogP contribution is -2.48. The summed E-state index contributed by atoms with van der Waals surface area (Å²) < 4.78 is 22.4. The van der Waals surface area contributed by atoms with Gasteiger partial charge in [-0.15, -0.1) is 0 Å². The Morgan fingerprint density at radius 2 is 1.16 bits per heavy atom. The zero-order valence-electron chi connectivity index (χ0n) is 35.1. The van der Waals surface area contributed by atoms with Crippen molar-refractivity contribution in [1.29, 1.82) is 0 Å². The predicted molar refractivity (Wildman–Crippen MR) is 218 cm³/mol. The van der Waals surface area contributed by atoms with Crippen LogP contribution in [-0.4, -0.2) is 72.8 Å². The molecule has 316 valence electrons. The molecule has 0 spiro atoms. The van der Waals surface area contributed by atoms with Gasteiger partial charge in [-0.3, -0.25) is 19.2 Å². The molecule has 0 unspecified atom stereocenters. The van der Waals surface area contributed by atoms with Gasteiger partial charge >= 0.3 is 11.9 Å². The highest BCUT2D eigenvalue weighted by Crippen LogP contribution is 2.20. The van der Waals surface area contributed by atoms with Gasteiger partial charge in [-0.25, -0.2) is 4.79 Å². The molecule has 5 atom stereocenters. The maximum absolute atomic E-state index is 13.8. The highest BCUT2D eigenvalue weighted by Gasteiger charge is 2.33. The van der Waals surface area contributed by atoms with Crippen LogP contribution < -0.4 is 10.6 Å². The quantitative estimate of drug-likeness (QED) is 0.0678. The molecule has 57 heavy (non-hydrogen) atoms. The van der Waals surface area contributed by atoms with Gasteiger partial charge in [0.15, 0.2) is 5.78 Å². The third-order valence-electron chi connectivity index (χ3n) is 9.53. The van der Waals surface area contributed by atoms with Crippen LogP contribution in [0.25, 0.3) is 0 Å². The standard InChI is InChI=1S/C45H66N2O10/c1-32(48)27-38(33(2)55-30-35-21-15-13-16-22-35)42(51)46-29-37(49)28-39(34(3)56-31-36-23-17-14-18-24-36)43(52)47-40(44(53)54-7)25-19-11-9-8-10-12-20-26-41(50)57-45(4,5)6/h13-18,21-24,33-34,38-40H,8-12,19-20,25-31H2,1-7H3,(H,46,51)(H,47,52)/t33-,34-,38+,39+,40+/m1/s1. The number of nitrogens with one attached hydrogen (secondary N) is 2. The Labute approximate surface area is 339 Å². The molecule has 12 nitrogen and oxygen atoms in total. The fourth-order valence-electron chi connectivity index (χ4n) is 6.29. The van der Waals surface area contributed by atoms with Crippen LogP contribution in [0.15, 0.2) is 60.7 Å². The average Bonchev–Trinajstić information content (AvgIpc) is 3.17. The number of unbranched alkanes of at least 4 members (excludes halogenated alkanes) is 6. The van der Waals surface area contributed by atoms with Gasteiger partial charge in [0.05, 0.1) is 50.9 Å². The molecule has 0 heterocycles. The van der Waals surface area contributed by atoms with Crippen molar-refractivity contribution in [1.82, 2.24) is 10.6 Å². The summed E-state index contributed by atoms with van der Waals surface area (Å²) in [7, 11) is 1.26. The molecule has 2 amide bonds. The lowest BCUT2D eigenvalue weighted by atomic mass is 9.94. The van der Waals surface area contributed by atoms with E-state index in [2.05, 4.69) is 10.6 Å². The van der Waals surface area contributed by atoms with Gasteiger partial charge < -0.3 is 34.4 Å². The number of benzene rings is 2. The minimum absolute atomic E-state index is 0.0594. The van der Waals surface area contributed by atoms with E-state index in [4.69, 9.17) is 18.9 Å². The molecule has 0 saturated heterocycles. The van der Waals surface area contributed by atoms with Crippen LogP contribution in [0.1, 0.15) is 123 Å². The smallest absolute Gasteiger partial charge is 0.328 e. The summed E-state index contributed by atoms with van der Waals surface area (Å²) in [6.07, 6.45) is 5.21. The van der Waals surface area contributed by atoms with Crippen LogP contribution in [0.5, 0.6) is 0 Å². The van der Waals surface area contributed by atoms with Crippen LogP contribution in [0.4, 0.5) is 0 Å². The largest absolute Gasteiger partial charge is 0.467 e. The van der Waals surface area contributed by atoms with Gasteiger partial charge in [-0.1, -0.05) is 99.2 Å². The molecule has 0 aliphatic carbocycles. The number of ketones is 2. The number of hydrogen-bond donors (Lipinski definition) is 2. The monoisotopic (exact) mass is 794 g/mol. The molecule has 0 saturated carbocycles. The molecule has 0 aliphatic heterocycles. The van der Waals surface area contributed by atoms with E-state index in [1.54, 1.807) is 13.8 Å². The van der Waals surface area contributed by atoms with Gasteiger partial charge in [0, 0.05) is 19.3 Å². The number of carbonyl (C=O) groups is 6. The van der Waals surface area contributed by atoms with E-state index >= 15 is 0 Å². The summed E-state index contributed by atoms with van der Waals surface area (Å²) in [6.45, 7) is 10.5. The number of amides is 2. The van der Waals surface area contributed by atoms with Crippen LogP contribution in [-0.2, 0) is 60.9 Å². The van der Waals surface area contributed by atoms with E-state index in [1.807, 2.05) is 81.4 Å². The Hall–Kier alpha value is -4.42. The lowest BCUT2D eigenvalue weighted by molar-refractivity contribution is -0.155. The summed E-state index contributed by atoms with van der Waals surface area (Å²) in [4.78, 5) is 77.4. The first-order valence-electron chi connectivity index (χ1n) is 20.3. The number of methoxy groups -OCH3 is 1. The molecule has 2 aromatic rings. The van der Waals surface area contributed by atoms with Crippen molar-refractivity contribution in [2.45, 2.75) is 149 Å². The SMILES string of the molecule is COC(=O)[C@H](CCCCCCCCCC(=O)OC(C)(C)C)NC(=O)[C@@H](CC(=O)CNC(=O)[C@@H](CC(C)=O)[C@@H](C)OCc1ccccc1)[C@@H](C)OCc1ccccc1. The molecular weight excluding hydrogens is 728 g/mol. The first-order valence-corrected chi connectivity index (χ1v) is 20.3. The fraction of sp³-hybridized carbons (Fsp3) is 0.600. The van der Waals surface area contributed by atoms with E-state index in [0.717, 1.165) is 49.7 Å². The second-order valence-corrected chi connectivity index (χ2v) is 15.8. The predicted octanol–water partition coefficient (Wildman–Crippen LogP) is 6.99. The van der Waals surface area contributed by atoms with Crippen molar-refractivity contribution in [3.8, 4) is 0 Å². The third kappa shape index (κ3) is 21.1. The Morgan fingerprint density at radius 1 is 0.667 bits per heavy atom. The minimum Gasteiger partial charge on any atom is -0.467 e. The summed E-state index contributed by atoms with van der Waals surface area (Å²) >= 11 is 0. The zero-order valence-corrected chi connectivity index (χ0v) is 35.1. The van der Waals surface area contributed by atoms with E-state index < -0.39 is 59.3 Å². The molecule has 0 bridgehead atoms. The minimum atomic E-state index is -0.980. The third-order valence-corrected chi connectivity index (χ3v) is 9.53. The van der Waals surface area contributed by atoms with Crippen LogP contribution in [0, 0.1) is 11.8 Å². The molecular formula is C45H66N2O10. The number of hydrogen-bond acceptors (Lipinski definition) is 10. The Bertz CT molecular complexity index is 1530. The van der Waals surface area contributed by atoms with Crippen molar-refractivity contribution in [3.05, 3.63) is 71.8 Å². The Kier molecular flexibility index (Phi) is 22.6. The van der Waals surface area contributed by atoms with Crippen molar-refractivity contribution < 1.29 is 47.7 Å². The lowest BCUT2D eigenvalue weighted by Gasteiger charge is -2.26. The molecule has 0 radical (unpaired) electrons. The maximum atomic E-state index is 13.8. The first kappa shape index (κ1) is 48.7. The van der Waals surface area contributed by atoms with Crippen molar-refractivity contribution in [3.63, 3.8) is 0 Å². The van der Waals surface area contributed by atoms with Gasteiger partial charge in [0.1, 0.15) is 17.4 Å². The average molecular weight is 795 g/mol. The molecule has 0 aliphatic rings. The van der Waals surface area contributed by atoms with Crippen molar-refractivity contribution >= 4 is 35.3 Å². The maximum Gasteiger partial charge on any atom is 0.328 e. The van der Waals surface area contributed by atoms with E-state index in [1.165, 1.54) is 14.0 Å². The number of Topliss-reactive ketones (excluding diaryl/α,β-unsaturated/α-hetero) is 2. The summed E-state index contributed by atoms with van der Waals surface area (Å²) in [6, 6.07) is 18.0. The van der Waals surface area contributed by atoms with Crippen LogP contribution in [0.3, 0.4) is 0 Å². The molecule has 0 aromatic heterocycles. The normalized spacial score (nSPS) is 14.0. The zero-order chi connectivity index (χ0) is 42.2. The fourth-order valence-corrected chi connectivity index (χ4v) is 6.29. The summed E-state index contributed by atoms with van der Waals surface area (Å²) in [5, 5.41) is 5.47. The molecule has 2 N–H and O–H groups in total. The number of esters is 2. The second kappa shape index (κ2) is 26.5. The Morgan fingerprint density at radius 3 is 1.65 bits per heavy atom. The number of carbonyl (C=O) groups excluding carboxylic acids is 6. The molecule has 2 rings (SSSR count). The van der Waals surface area contributed by atoms with Gasteiger partial charge in [-0.2, -0.15) is 0 Å². The van der Waals surface area contributed by atoms with Crippen LogP contribution >= 0.6 is 0 Å². The molecule has 2 aromatic carbocycles. The van der Waals surface area contributed by atoms with Crippen molar-refractivity contribution in [2.75, 3.05) is 13.7 Å². The van der Waals surface area contributed by atoms with E-state index in [9.17, 15) is 28.8 Å². The topological polar surface area (TPSA) is 163 Å². The highest BCUT2D eigenvalue weighted by atomic mass is 16.6. The second-order valence-electron chi connectivity index (χ2n) is 15.8. The molecule has 12 heteroatoms. The number of rotatable bonds is 28.